The van der Waals surface area contributed by atoms with Gasteiger partial charge in [0.25, 0.3) is 0 Å². The maximum absolute atomic E-state index is 5.89. The van der Waals surface area contributed by atoms with Crippen LogP contribution in [0.4, 0.5) is 0 Å². The molecule has 124 valence electrons. The SMILES string of the molecule is C#CCN(C)CC(=C)c1cccc(OCc2cccc(OC)c2)c1. The van der Waals surface area contributed by atoms with Gasteiger partial charge in [0.1, 0.15) is 18.1 Å². The molecule has 0 aliphatic rings. The van der Waals surface area contributed by atoms with E-state index in [2.05, 4.69) is 12.5 Å². The first-order chi connectivity index (χ1) is 11.6. The van der Waals surface area contributed by atoms with Crippen molar-refractivity contribution in [2.45, 2.75) is 6.61 Å². The van der Waals surface area contributed by atoms with Crippen molar-refractivity contribution in [3.05, 3.63) is 66.2 Å². The fourth-order valence-corrected chi connectivity index (χ4v) is 2.36. The molecule has 3 nitrogen and oxygen atoms in total. The molecule has 0 bridgehead atoms. The number of nitrogens with zero attached hydrogens (tertiary/aromatic N) is 1. The molecular weight excluding hydrogens is 298 g/mol. The van der Waals surface area contributed by atoms with Crippen LogP contribution < -0.4 is 9.47 Å². The predicted octanol–water partition coefficient (Wildman–Crippen LogP) is 3.85. The second-order valence-corrected chi connectivity index (χ2v) is 5.65. The fraction of sp³-hybridized carbons (Fsp3) is 0.238. The van der Waals surface area contributed by atoms with Crippen LogP contribution in [-0.2, 0) is 6.61 Å². The van der Waals surface area contributed by atoms with Gasteiger partial charge in [-0.3, -0.25) is 4.90 Å². The highest BCUT2D eigenvalue weighted by Gasteiger charge is 2.05. The molecule has 0 atom stereocenters. The van der Waals surface area contributed by atoms with Gasteiger partial charge >= 0.3 is 0 Å². The van der Waals surface area contributed by atoms with Crippen LogP contribution in [0.15, 0.2) is 55.1 Å². The lowest BCUT2D eigenvalue weighted by Crippen LogP contribution is -2.20. The van der Waals surface area contributed by atoms with E-state index in [1.165, 1.54) is 0 Å². The van der Waals surface area contributed by atoms with E-state index in [-0.39, 0.29) is 0 Å². The summed E-state index contributed by atoms with van der Waals surface area (Å²) in [5.74, 6) is 4.28. The lowest BCUT2D eigenvalue weighted by molar-refractivity contribution is 0.305. The highest BCUT2D eigenvalue weighted by Crippen LogP contribution is 2.21. The Hall–Kier alpha value is -2.70. The third-order valence-corrected chi connectivity index (χ3v) is 3.60. The second kappa shape index (κ2) is 8.81. The lowest BCUT2D eigenvalue weighted by Gasteiger charge is -2.16. The van der Waals surface area contributed by atoms with Gasteiger partial charge in [0.2, 0.25) is 0 Å². The predicted molar refractivity (Wildman–Crippen MR) is 99.1 cm³/mol. The molecular formula is C21H23NO2. The zero-order valence-electron chi connectivity index (χ0n) is 14.3. The minimum Gasteiger partial charge on any atom is -0.497 e. The maximum Gasteiger partial charge on any atom is 0.120 e. The van der Waals surface area contributed by atoms with Gasteiger partial charge in [-0.1, -0.05) is 36.8 Å². The van der Waals surface area contributed by atoms with Crippen LogP contribution in [0.25, 0.3) is 5.57 Å². The van der Waals surface area contributed by atoms with Crippen molar-refractivity contribution in [3.8, 4) is 23.8 Å². The van der Waals surface area contributed by atoms with Gasteiger partial charge in [0.15, 0.2) is 0 Å². The van der Waals surface area contributed by atoms with Crippen LogP contribution in [0.3, 0.4) is 0 Å². The second-order valence-electron chi connectivity index (χ2n) is 5.65. The number of likely N-dealkylation sites (N-methyl/N-ethyl adjacent to an activating group) is 1. The van der Waals surface area contributed by atoms with Crippen molar-refractivity contribution in [2.24, 2.45) is 0 Å². The number of terminal acetylenes is 1. The van der Waals surface area contributed by atoms with E-state index in [4.69, 9.17) is 15.9 Å². The van der Waals surface area contributed by atoms with E-state index in [0.717, 1.165) is 34.7 Å². The summed E-state index contributed by atoms with van der Waals surface area (Å²) in [5.41, 5.74) is 3.13. The Kier molecular flexibility index (Phi) is 6.48. The van der Waals surface area contributed by atoms with Gasteiger partial charge in [-0.05, 0) is 48.0 Å². The zero-order chi connectivity index (χ0) is 17.4. The lowest BCUT2D eigenvalue weighted by atomic mass is 10.1. The third kappa shape index (κ3) is 5.19. The van der Waals surface area contributed by atoms with Gasteiger partial charge < -0.3 is 9.47 Å². The molecule has 0 saturated heterocycles. The summed E-state index contributed by atoms with van der Waals surface area (Å²) in [6.45, 7) is 5.97. The van der Waals surface area contributed by atoms with Crippen molar-refractivity contribution < 1.29 is 9.47 Å². The topological polar surface area (TPSA) is 21.7 Å². The third-order valence-electron chi connectivity index (χ3n) is 3.60. The van der Waals surface area contributed by atoms with E-state index in [0.29, 0.717) is 13.2 Å². The van der Waals surface area contributed by atoms with Crippen LogP contribution in [0, 0.1) is 12.3 Å². The first kappa shape index (κ1) is 17.7. The molecule has 0 N–H and O–H groups in total. The molecule has 0 radical (unpaired) electrons. The molecule has 2 aromatic rings. The van der Waals surface area contributed by atoms with Crippen molar-refractivity contribution in [1.29, 1.82) is 0 Å². The number of rotatable bonds is 8. The number of benzene rings is 2. The van der Waals surface area contributed by atoms with Crippen LogP contribution >= 0.6 is 0 Å². The summed E-state index contributed by atoms with van der Waals surface area (Å²) in [5, 5.41) is 0. The van der Waals surface area contributed by atoms with Crippen LogP contribution in [0.5, 0.6) is 11.5 Å². The molecule has 0 spiro atoms. The Morgan fingerprint density at radius 3 is 2.67 bits per heavy atom. The van der Waals surface area contributed by atoms with Crippen LogP contribution in [0.2, 0.25) is 0 Å². The van der Waals surface area contributed by atoms with Crippen molar-refractivity contribution >= 4 is 5.57 Å². The first-order valence-corrected chi connectivity index (χ1v) is 7.78. The number of hydrogen-bond donors (Lipinski definition) is 0. The highest BCUT2D eigenvalue weighted by atomic mass is 16.5. The average Bonchev–Trinajstić information content (AvgIpc) is 2.60. The van der Waals surface area contributed by atoms with Gasteiger partial charge in [-0.2, -0.15) is 0 Å². The molecule has 0 fully saturated rings. The molecule has 0 aliphatic carbocycles. The van der Waals surface area contributed by atoms with Gasteiger partial charge in [0, 0.05) is 6.54 Å². The quantitative estimate of drug-likeness (QED) is 0.689. The largest absolute Gasteiger partial charge is 0.497 e. The Bertz CT molecular complexity index is 731. The summed E-state index contributed by atoms with van der Waals surface area (Å²) >= 11 is 0. The maximum atomic E-state index is 5.89. The Morgan fingerprint density at radius 2 is 1.92 bits per heavy atom. The van der Waals surface area contributed by atoms with E-state index in [9.17, 15) is 0 Å². The average molecular weight is 321 g/mol. The summed E-state index contributed by atoms with van der Waals surface area (Å²) < 4.78 is 11.1. The summed E-state index contributed by atoms with van der Waals surface area (Å²) in [6, 6.07) is 15.8. The molecule has 3 heteroatoms. The van der Waals surface area contributed by atoms with Crippen LogP contribution in [-0.4, -0.2) is 32.1 Å². The smallest absolute Gasteiger partial charge is 0.120 e. The fourth-order valence-electron chi connectivity index (χ4n) is 2.36. The Morgan fingerprint density at radius 1 is 1.17 bits per heavy atom. The van der Waals surface area contributed by atoms with Gasteiger partial charge in [0.05, 0.1) is 13.7 Å². The molecule has 0 aliphatic heterocycles. The summed E-state index contributed by atoms with van der Waals surface area (Å²) in [7, 11) is 3.64. The molecule has 0 saturated carbocycles. The zero-order valence-corrected chi connectivity index (χ0v) is 14.3. The molecule has 24 heavy (non-hydrogen) atoms. The summed E-state index contributed by atoms with van der Waals surface area (Å²) in [6.07, 6.45) is 5.33. The molecule has 0 amide bonds. The van der Waals surface area contributed by atoms with Crippen molar-refractivity contribution in [2.75, 3.05) is 27.2 Å². The standard InChI is InChI=1S/C21H23NO2/c1-5-12-22(3)15-17(2)19-9-7-11-21(14-19)24-16-18-8-6-10-20(13-18)23-4/h1,6-11,13-14H,2,12,15-16H2,3-4H3. The Balaban J connectivity index is 1.99. The molecule has 0 heterocycles. The van der Waals surface area contributed by atoms with Gasteiger partial charge in [-0.15, -0.1) is 6.42 Å². The highest BCUT2D eigenvalue weighted by molar-refractivity contribution is 5.65. The normalized spacial score (nSPS) is 10.2. The molecule has 2 rings (SSSR count). The molecule has 0 unspecified atom stereocenters. The number of methoxy groups -OCH3 is 1. The van der Waals surface area contributed by atoms with Crippen molar-refractivity contribution in [3.63, 3.8) is 0 Å². The molecule has 2 aromatic carbocycles. The van der Waals surface area contributed by atoms with Gasteiger partial charge in [-0.25, -0.2) is 0 Å². The summed E-state index contributed by atoms with van der Waals surface area (Å²) in [4.78, 5) is 2.05. The van der Waals surface area contributed by atoms with E-state index in [1.54, 1.807) is 7.11 Å². The minimum absolute atomic E-state index is 0.490. The Labute approximate surface area is 144 Å². The van der Waals surface area contributed by atoms with E-state index >= 15 is 0 Å². The number of hydrogen-bond acceptors (Lipinski definition) is 3. The molecule has 0 aromatic heterocycles. The van der Waals surface area contributed by atoms with E-state index in [1.807, 2.05) is 60.5 Å². The van der Waals surface area contributed by atoms with Crippen molar-refractivity contribution in [1.82, 2.24) is 4.90 Å². The van der Waals surface area contributed by atoms with E-state index < -0.39 is 0 Å². The van der Waals surface area contributed by atoms with Crippen LogP contribution in [0.1, 0.15) is 11.1 Å². The first-order valence-electron chi connectivity index (χ1n) is 7.78. The number of ether oxygens (including phenoxy) is 2. The minimum atomic E-state index is 0.490. The monoisotopic (exact) mass is 321 g/mol.